The summed E-state index contributed by atoms with van der Waals surface area (Å²) in [5, 5.41) is 5.98. The summed E-state index contributed by atoms with van der Waals surface area (Å²) < 4.78 is 10.3. The maximum Gasteiger partial charge on any atom is 0.238 e. The van der Waals surface area contributed by atoms with E-state index < -0.39 is 0 Å². The summed E-state index contributed by atoms with van der Waals surface area (Å²) in [5.74, 6) is 0.633. The van der Waals surface area contributed by atoms with Crippen LogP contribution in [0.3, 0.4) is 0 Å². The SMILES string of the molecule is COc1cccc(NC(=O)CN(C)CC(=O)Nc2cc(Cl)ccc2OC)c1. The lowest BCUT2D eigenvalue weighted by Crippen LogP contribution is -2.36. The number of likely N-dealkylation sites (N-methyl/N-ethyl adjacent to an activating group) is 1. The minimum absolute atomic E-state index is 0.0290. The minimum atomic E-state index is -0.285. The monoisotopic (exact) mass is 391 g/mol. The van der Waals surface area contributed by atoms with E-state index in [2.05, 4.69) is 10.6 Å². The number of rotatable bonds is 8. The Morgan fingerprint density at radius 2 is 1.70 bits per heavy atom. The van der Waals surface area contributed by atoms with Crippen LogP contribution in [0.2, 0.25) is 5.02 Å². The summed E-state index contributed by atoms with van der Waals surface area (Å²) in [7, 11) is 4.75. The van der Waals surface area contributed by atoms with Crippen molar-refractivity contribution in [2.24, 2.45) is 0 Å². The van der Waals surface area contributed by atoms with Gasteiger partial charge in [-0.25, -0.2) is 0 Å². The molecule has 2 amide bonds. The van der Waals surface area contributed by atoms with E-state index >= 15 is 0 Å². The van der Waals surface area contributed by atoms with Crippen molar-refractivity contribution in [3.63, 3.8) is 0 Å². The average molecular weight is 392 g/mol. The molecule has 0 heterocycles. The van der Waals surface area contributed by atoms with Crippen LogP contribution >= 0.6 is 11.6 Å². The lowest BCUT2D eigenvalue weighted by atomic mass is 10.3. The summed E-state index contributed by atoms with van der Waals surface area (Å²) in [6, 6.07) is 12.0. The lowest BCUT2D eigenvalue weighted by Gasteiger charge is -2.17. The number of carbonyl (C=O) groups excluding carboxylic acids is 2. The van der Waals surface area contributed by atoms with Gasteiger partial charge in [0.2, 0.25) is 11.8 Å². The maximum absolute atomic E-state index is 12.2. The number of carbonyl (C=O) groups is 2. The Kier molecular flexibility index (Phi) is 7.45. The fourth-order valence-electron chi connectivity index (χ4n) is 2.42. The topological polar surface area (TPSA) is 79.9 Å². The van der Waals surface area contributed by atoms with Crippen molar-refractivity contribution in [3.05, 3.63) is 47.5 Å². The van der Waals surface area contributed by atoms with E-state index in [1.165, 1.54) is 7.11 Å². The van der Waals surface area contributed by atoms with Crippen LogP contribution in [0.15, 0.2) is 42.5 Å². The molecule has 0 aliphatic heterocycles. The standard InChI is InChI=1S/C19H22ClN3O4/c1-23(11-18(24)21-14-5-4-6-15(10-14)26-2)12-19(25)22-16-9-13(20)7-8-17(16)27-3/h4-10H,11-12H2,1-3H3,(H,21,24)(H,22,25). The third kappa shape index (κ3) is 6.47. The molecule has 0 saturated heterocycles. The summed E-state index contributed by atoms with van der Waals surface area (Å²) in [4.78, 5) is 26.0. The number of nitrogens with zero attached hydrogens (tertiary/aromatic N) is 1. The van der Waals surface area contributed by atoms with Crippen LogP contribution in [0.5, 0.6) is 11.5 Å². The van der Waals surface area contributed by atoms with Gasteiger partial charge in [-0.05, 0) is 37.4 Å². The van der Waals surface area contributed by atoms with E-state index in [4.69, 9.17) is 21.1 Å². The molecule has 2 N–H and O–H groups in total. The Morgan fingerprint density at radius 3 is 2.37 bits per heavy atom. The average Bonchev–Trinajstić information content (AvgIpc) is 2.61. The molecule has 27 heavy (non-hydrogen) atoms. The number of ether oxygens (including phenoxy) is 2. The number of hydrogen-bond donors (Lipinski definition) is 2. The van der Waals surface area contributed by atoms with E-state index in [1.807, 2.05) is 0 Å². The first-order chi connectivity index (χ1) is 12.9. The highest BCUT2D eigenvalue weighted by atomic mass is 35.5. The molecule has 8 heteroatoms. The molecule has 2 aromatic carbocycles. The van der Waals surface area contributed by atoms with Crippen molar-refractivity contribution in [1.29, 1.82) is 0 Å². The molecule has 2 aromatic rings. The Balaban J connectivity index is 1.87. The fourth-order valence-corrected chi connectivity index (χ4v) is 2.59. The second kappa shape index (κ2) is 9.80. The number of halogens is 1. The number of hydrogen-bond acceptors (Lipinski definition) is 5. The number of amides is 2. The number of anilines is 2. The fraction of sp³-hybridized carbons (Fsp3) is 0.263. The first-order valence-corrected chi connectivity index (χ1v) is 8.55. The third-order valence-electron chi connectivity index (χ3n) is 3.62. The molecule has 0 fully saturated rings. The largest absolute Gasteiger partial charge is 0.497 e. The van der Waals surface area contributed by atoms with Crippen molar-refractivity contribution in [1.82, 2.24) is 4.90 Å². The van der Waals surface area contributed by atoms with Crippen molar-refractivity contribution < 1.29 is 19.1 Å². The Hall–Kier alpha value is -2.77. The minimum Gasteiger partial charge on any atom is -0.497 e. The number of methoxy groups -OCH3 is 2. The first-order valence-electron chi connectivity index (χ1n) is 8.17. The van der Waals surface area contributed by atoms with E-state index in [1.54, 1.807) is 61.5 Å². The van der Waals surface area contributed by atoms with Crippen molar-refractivity contribution in [2.45, 2.75) is 0 Å². The molecule has 7 nitrogen and oxygen atoms in total. The zero-order valence-electron chi connectivity index (χ0n) is 15.4. The molecular weight excluding hydrogens is 370 g/mol. The predicted molar refractivity (Wildman–Crippen MR) is 106 cm³/mol. The molecule has 0 aliphatic rings. The van der Waals surface area contributed by atoms with Crippen LogP contribution in [-0.2, 0) is 9.59 Å². The molecule has 0 spiro atoms. The van der Waals surface area contributed by atoms with Gasteiger partial charge in [0.1, 0.15) is 11.5 Å². The number of nitrogens with one attached hydrogen (secondary N) is 2. The lowest BCUT2D eigenvalue weighted by molar-refractivity contribution is -0.119. The van der Waals surface area contributed by atoms with Crippen LogP contribution in [-0.4, -0.2) is 51.1 Å². The van der Waals surface area contributed by atoms with Gasteiger partial charge in [-0.3, -0.25) is 14.5 Å². The molecule has 0 saturated carbocycles. The van der Waals surface area contributed by atoms with Gasteiger partial charge in [-0.2, -0.15) is 0 Å². The van der Waals surface area contributed by atoms with Gasteiger partial charge in [0.05, 0.1) is 33.0 Å². The zero-order valence-corrected chi connectivity index (χ0v) is 16.2. The predicted octanol–water partition coefficient (Wildman–Crippen LogP) is 2.87. The second-order valence-corrected chi connectivity index (χ2v) is 6.28. The van der Waals surface area contributed by atoms with Gasteiger partial charge < -0.3 is 20.1 Å². The summed E-state index contributed by atoms with van der Waals surface area (Å²) >= 11 is 5.95. The van der Waals surface area contributed by atoms with Gasteiger partial charge in [0.15, 0.2) is 0 Å². The van der Waals surface area contributed by atoms with Gasteiger partial charge in [0, 0.05) is 16.8 Å². The Morgan fingerprint density at radius 1 is 1.00 bits per heavy atom. The van der Waals surface area contributed by atoms with Crippen LogP contribution in [0.1, 0.15) is 0 Å². The third-order valence-corrected chi connectivity index (χ3v) is 3.85. The molecule has 0 radical (unpaired) electrons. The molecule has 0 aromatic heterocycles. The second-order valence-electron chi connectivity index (χ2n) is 5.85. The van der Waals surface area contributed by atoms with E-state index in [0.717, 1.165) is 0 Å². The molecule has 0 aliphatic carbocycles. The van der Waals surface area contributed by atoms with Gasteiger partial charge in [0.25, 0.3) is 0 Å². The molecule has 2 rings (SSSR count). The van der Waals surface area contributed by atoms with Gasteiger partial charge in [-0.1, -0.05) is 17.7 Å². The van der Waals surface area contributed by atoms with Crippen molar-refractivity contribution in [3.8, 4) is 11.5 Å². The summed E-state index contributed by atoms with van der Waals surface area (Å²) in [5.41, 5.74) is 1.10. The summed E-state index contributed by atoms with van der Waals surface area (Å²) in [6.07, 6.45) is 0. The Bertz CT molecular complexity index is 813. The quantitative estimate of drug-likeness (QED) is 0.723. The summed E-state index contributed by atoms with van der Waals surface area (Å²) in [6.45, 7) is 0.0819. The van der Waals surface area contributed by atoms with Crippen LogP contribution in [0, 0.1) is 0 Å². The molecular formula is C19H22ClN3O4. The van der Waals surface area contributed by atoms with Gasteiger partial charge in [-0.15, -0.1) is 0 Å². The Labute approximate surface area is 163 Å². The normalized spacial score (nSPS) is 10.4. The first kappa shape index (κ1) is 20.5. The zero-order chi connectivity index (χ0) is 19.8. The van der Waals surface area contributed by atoms with Gasteiger partial charge >= 0.3 is 0 Å². The van der Waals surface area contributed by atoms with Crippen molar-refractivity contribution in [2.75, 3.05) is 45.0 Å². The van der Waals surface area contributed by atoms with E-state index in [-0.39, 0.29) is 24.9 Å². The molecule has 0 unspecified atom stereocenters. The van der Waals surface area contributed by atoms with Crippen LogP contribution in [0.25, 0.3) is 0 Å². The van der Waals surface area contributed by atoms with Crippen LogP contribution in [0.4, 0.5) is 11.4 Å². The highest BCUT2D eigenvalue weighted by Gasteiger charge is 2.13. The number of benzene rings is 2. The molecule has 0 bridgehead atoms. The van der Waals surface area contributed by atoms with E-state index in [0.29, 0.717) is 27.9 Å². The van der Waals surface area contributed by atoms with Crippen molar-refractivity contribution >= 4 is 34.8 Å². The maximum atomic E-state index is 12.2. The highest BCUT2D eigenvalue weighted by molar-refractivity contribution is 6.31. The van der Waals surface area contributed by atoms with E-state index in [9.17, 15) is 9.59 Å². The molecule has 144 valence electrons. The van der Waals surface area contributed by atoms with Crippen LogP contribution < -0.4 is 20.1 Å². The molecule has 0 atom stereocenters. The smallest absolute Gasteiger partial charge is 0.238 e. The highest BCUT2D eigenvalue weighted by Crippen LogP contribution is 2.27.